The molecule has 5 nitrogen and oxygen atoms in total. The Morgan fingerprint density at radius 2 is 1.76 bits per heavy atom. The molecule has 3 rings (SSSR count). The number of quaternary nitrogens is 1. The summed E-state index contributed by atoms with van der Waals surface area (Å²) in [5, 5.41) is 0. The molecule has 1 aromatic carbocycles. The Labute approximate surface area is 168 Å². The van der Waals surface area contributed by atoms with E-state index in [4.69, 9.17) is 4.74 Å². The Hall–Kier alpha value is -2.48. The van der Waals surface area contributed by atoms with Crippen LogP contribution in [0.5, 0.6) is 5.75 Å². The number of rotatable bonds is 6. The lowest BCUT2D eigenvalue weighted by atomic mass is 10.1. The highest BCUT2D eigenvalue weighted by atomic mass is 19.4. The van der Waals surface area contributed by atoms with Crippen LogP contribution >= 0.6 is 0 Å². The topological polar surface area (TPSA) is 38.9 Å². The molecular weight excluding hydrogens is 383 g/mol. The number of halogens is 3. The van der Waals surface area contributed by atoms with Gasteiger partial charge in [0.1, 0.15) is 18.8 Å². The van der Waals surface area contributed by atoms with Crippen LogP contribution in [-0.4, -0.2) is 56.4 Å². The van der Waals surface area contributed by atoms with Gasteiger partial charge in [0.05, 0.1) is 33.3 Å². The predicted octanol–water partition coefficient (Wildman–Crippen LogP) is 2.26. The van der Waals surface area contributed by atoms with Crippen molar-refractivity contribution in [1.82, 2.24) is 4.57 Å². The van der Waals surface area contributed by atoms with Crippen molar-refractivity contribution in [2.45, 2.75) is 26.6 Å². The number of carbonyl (C=O) groups excluding carboxylic acids is 1. The van der Waals surface area contributed by atoms with Crippen LogP contribution in [0.4, 0.5) is 18.9 Å². The fourth-order valence-corrected chi connectivity index (χ4v) is 3.88. The Morgan fingerprint density at radius 3 is 2.31 bits per heavy atom. The van der Waals surface area contributed by atoms with Crippen LogP contribution in [0, 0.1) is 13.8 Å². The van der Waals surface area contributed by atoms with Gasteiger partial charge >= 0.3 is 6.18 Å². The molecule has 1 saturated heterocycles. The molecule has 8 heteroatoms. The molecule has 29 heavy (non-hydrogen) atoms. The van der Waals surface area contributed by atoms with Crippen LogP contribution in [-0.2, 0) is 6.54 Å². The van der Waals surface area contributed by atoms with Crippen LogP contribution in [0.25, 0.3) is 0 Å². The number of ether oxygens (including phenoxy) is 1. The van der Waals surface area contributed by atoms with E-state index in [0.29, 0.717) is 23.5 Å². The third-order valence-electron chi connectivity index (χ3n) is 5.53. The number of hydrogen-bond donors (Lipinski definition) is 1. The van der Waals surface area contributed by atoms with Crippen molar-refractivity contribution < 1.29 is 27.6 Å². The first kappa shape index (κ1) is 21.2. The number of Topliss-reactive ketones (excluding diaryl/α,β-unsaturated/α-hetero) is 1. The lowest BCUT2D eigenvalue weighted by molar-refractivity contribution is -0.892. The second kappa shape index (κ2) is 8.49. The Bertz CT molecular complexity index is 851. The number of alkyl halides is 3. The maximum atomic E-state index is 12.8. The Morgan fingerprint density at radius 1 is 1.14 bits per heavy atom. The molecule has 0 bridgehead atoms. The highest BCUT2D eigenvalue weighted by Crippen LogP contribution is 2.23. The highest BCUT2D eigenvalue weighted by Gasteiger charge is 2.31. The zero-order valence-electron chi connectivity index (χ0n) is 17.0. The maximum absolute atomic E-state index is 12.8. The van der Waals surface area contributed by atoms with Gasteiger partial charge in [0.2, 0.25) is 5.78 Å². The zero-order valence-corrected chi connectivity index (χ0v) is 17.0. The minimum atomic E-state index is -4.31. The van der Waals surface area contributed by atoms with E-state index in [1.54, 1.807) is 27.0 Å². The summed E-state index contributed by atoms with van der Waals surface area (Å²) in [5.74, 6) is 0.714. The van der Waals surface area contributed by atoms with Gasteiger partial charge in [-0.3, -0.25) is 4.79 Å². The first-order valence-electron chi connectivity index (χ1n) is 9.67. The number of ketones is 1. The van der Waals surface area contributed by atoms with Crippen LogP contribution < -0.4 is 14.5 Å². The van der Waals surface area contributed by atoms with Crippen molar-refractivity contribution >= 4 is 11.5 Å². The average Bonchev–Trinajstić information content (AvgIpc) is 2.96. The molecule has 0 amide bonds. The molecule has 0 aliphatic carbocycles. The number of benzene rings is 1. The van der Waals surface area contributed by atoms with Gasteiger partial charge in [0.25, 0.3) is 0 Å². The quantitative estimate of drug-likeness (QED) is 0.743. The van der Waals surface area contributed by atoms with E-state index in [2.05, 4.69) is 4.90 Å². The molecule has 0 radical (unpaired) electrons. The summed E-state index contributed by atoms with van der Waals surface area (Å²) in [6.45, 7) is 5.68. The largest absolute Gasteiger partial charge is 0.497 e. The minimum absolute atomic E-state index is 0.0978. The van der Waals surface area contributed by atoms with Gasteiger partial charge in [-0.05, 0) is 44.2 Å². The van der Waals surface area contributed by atoms with Gasteiger partial charge in [-0.2, -0.15) is 13.2 Å². The Kier molecular flexibility index (Phi) is 6.21. The van der Waals surface area contributed by atoms with Crippen molar-refractivity contribution in [2.24, 2.45) is 0 Å². The number of anilines is 1. The first-order chi connectivity index (χ1) is 13.7. The molecule has 1 aromatic heterocycles. The normalized spacial score (nSPS) is 15.6. The van der Waals surface area contributed by atoms with Gasteiger partial charge in [-0.15, -0.1) is 0 Å². The van der Waals surface area contributed by atoms with E-state index in [1.807, 2.05) is 24.3 Å². The van der Waals surface area contributed by atoms with E-state index in [0.717, 1.165) is 42.5 Å². The van der Waals surface area contributed by atoms with Crippen LogP contribution in [0.3, 0.4) is 0 Å². The molecule has 1 N–H and O–H groups in total. The molecule has 0 spiro atoms. The predicted molar refractivity (Wildman–Crippen MR) is 105 cm³/mol. The van der Waals surface area contributed by atoms with Gasteiger partial charge in [0, 0.05) is 22.6 Å². The van der Waals surface area contributed by atoms with Crippen molar-refractivity contribution in [3.8, 4) is 5.75 Å². The minimum Gasteiger partial charge on any atom is -0.497 e. The summed E-state index contributed by atoms with van der Waals surface area (Å²) in [5.41, 5.74) is 2.37. The molecule has 0 saturated carbocycles. The second-order valence-corrected chi connectivity index (χ2v) is 7.52. The van der Waals surface area contributed by atoms with Gasteiger partial charge in [-0.1, -0.05) is 0 Å². The van der Waals surface area contributed by atoms with Crippen LogP contribution in [0.1, 0.15) is 21.7 Å². The molecule has 2 heterocycles. The summed E-state index contributed by atoms with van der Waals surface area (Å²) in [4.78, 5) is 16.2. The van der Waals surface area contributed by atoms with Crippen molar-refractivity contribution in [3.05, 3.63) is 47.3 Å². The number of carbonyl (C=O) groups is 1. The highest BCUT2D eigenvalue weighted by molar-refractivity contribution is 5.98. The number of hydrogen-bond acceptors (Lipinski definition) is 3. The summed E-state index contributed by atoms with van der Waals surface area (Å²) < 4.78 is 44.7. The number of nitrogens with one attached hydrogen (secondary N) is 1. The maximum Gasteiger partial charge on any atom is 0.406 e. The smallest absolute Gasteiger partial charge is 0.406 e. The lowest BCUT2D eigenvalue weighted by Crippen LogP contribution is -3.15. The number of piperazine rings is 1. The molecule has 1 aliphatic rings. The summed E-state index contributed by atoms with van der Waals surface area (Å²) in [6.07, 6.45) is -4.31. The van der Waals surface area contributed by atoms with Gasteiger partial charge in [0.15, 0.2) is 0 Å². The molecule has 2 aromatic rings. The molecule has 1 fully saturated rings. The number of nitrogens with zero attached hydrogens (tertiary/aromatic N) is 2. The number of aromatic nitrogens is 1. The summed E-state index contributed by atoms with van der Waals surface area (Å²) in [7, 11) is 1.63. The van der Waals surface area contributed by atoms with Crippen LogP contribution in [0.2, 0.25) is 0 Å². The monoisotopic (exact) mass is 410 g/mol. The molecular formula is C21H27F3N3O2+. The third-order valence-corrected chi connectivity index (χ3v) is 5.53. The lowest BCUT2D eigenvalue weighted by Gasteiger charge is -2.33. The number of methoxy groups -OCH3 is 1. The van der Waals surface area contributed by atoms with Gasteiger partial charge < -0.3 is 19.1 Å². The molecule has 0 unspecified atom stereocenters. The van der Waals surface area contributed by atoms with Crippen molar-refractivity contribution in [1.29, 1.82) is 0 Å². The van der Waals surface area contributed by atoms with E-state index < -0.39 is 12.7 Å². The Balaban J connectivity index is 1.59. The van der Waals surface area contributed by atoms with Gasteiger partial charge in [-0.25, -0.2) is 0 Å². The van der Waals surface area contributed by atoms with Crippen molar-refractivity contribution in [2.75, 3.05) is 44.7 Å². The first-order valence-corrected chi connectivity index (χ1v) is 9.67. The van der Waals surface area contributed by atoms with Crippen LogP contribution in [0.15, 0.2) is 30.3 Å². The average molecular weight is 410 g/mol. The van der Waals surface area contributed by atoms with E-state index in [9.17, 15) is 18.0 Å². The SMILES string of the molecule is COc1ccc(N2CC[NH+](CC(=O)c3cc(C)n(CC(F)(F)F)c3C)CC2)cc1. The standard InChI is InChI=1S/C21H26F3N3O2/c1-15-12-19(16(2)27(15)14-21(22,23)24)20(28)13-25-8-10-26(11-9-25)17-4-6-18(29-3)7-5-17/h4-7,12H,8-11,13-14H2,1-3H3/p+1. The molecule has 158 valence electrons. The fraction of sp³-hybridized carbons (Fsp3) is 0.476. The van der Waals surface area contributed by atoms with E-state index >= 15 is 0 Å². The summed E-state index contributed by atoms with van der Waals surface area (Å²) in [6, 6.07) is 9.47. The van der Waals surface area contributed by atoms with E-state index in [-0.39, 0.29) is 5.78 Å². The molecule has 1 aliphatic heterocycles. The summed E-state index contributed by atoms with van der Waals surface area (Å²) >= 11 is 0. The number of aryl methyl sites for hydroxylation is 1. The zero-order chi connectivity index (χ0) is 21.2. The fourth-order valence-electron chi connectivity index (χ4n) is 3.88. The van der Waals surface area contributed by atoms with Crippen molar-refractivity contribution in [3.63, 3.8) is 0 Å². The third kappa shape index (κ3) is 5.12. The molecule has 0 atom stereocenters. The van der Waals surface area contributed by atoms with E-state index in [1.165, 1.54) is 4.57 Å². The second-order valence-electron chi connectivity index (χ2n) is 7.52.